The van der Waals surface area contributed by atoms with Gasteiger partial charge >= 0.3 is 0 Å². The number of benzene rings is 1. The molecule has 154 valence electrons. The van der Waals surface area contributed by atoms with Crippen LogP contribution in [0.15, 0.2) is 18.2 Å². The highest BCUT2D eigenvalue weighted by Crippen LogP contribution is 2.20. The molecule has 6 heteroatoms. The largest absolute Gasteiger partial charge is 0.338 e. The number of rotatable bonds is 3. The van der Waals surface area contributed by atoms with Crippen molar-refractivity contribution in [2.24, 2.45) is 11.8 Å². The fourth-order valence-corrected chi connectivity index (χ4v) is 4.72. The minimum atomic E-state index is 0.317. The van der Waals surface area contributed by atoms with Crippen LogP contribution in [0.25, 0.3) is 0 Å². The van der Waals surface area contributed by atoms with Gasteiger partial charge in [0.05, 0.1) is 26.2 Å². The molecule has 0 aromatic heterocycles. The van der Waals surface area contributed by atoms with Crippen molar-refractivity contribution in [1.82, 2.24) is 9.80 Å². The Kier molecular flexibility index (Phi) is 6.94. The Morgan fingerprint density at radius 1 is 1.11 bits per heavy atom. The van der Waals surface area contributed by atoms with Crippen LogP contribution in [0.2, 0.25) is 0 Å². The van der Waals surface area contributed by atoms with E-state index in [1.54, 1.807) is 0 Å². The first-order valence-electron chi connectivity index (χ1n) is 10.6. The fraction of sp³-hybridized carbons (Fsp3) is 0.636. The molecule has 0 unspecified atom stereocenters. The molecule has 0 saturated carbocycles. The molecule has 2 aliphatic heterocycles. The first kappa shape index (κ1) is 21.1. The van der Waals surface area contributed by atoms with Gasteiger partial charge in [-0.1, -0.05) is 19.9 Å². The summed E-state index contributed by atoms with van der Waals surface area (Å²) >= 11 is 5.62. The molecule has 1 aromatic rings. The number of carbonyl (C=O) groups excluding carboxylic acids is 1. The van der Waals surface area contributed by atoms with Crippen LogP contribution in [0.1, 0.15) is 31.4 Å². The number of nitrogens with one attached hydrogen (secondary N) is 2. The molecule has 2 heterocycles. The van der Waals surface area contributed by atoms with E-state index in [-0.39, 0.29) is 0 Å². The number of hydrogen-bond donors (Lipinski definition) is 2. The lowest BCUT2D eigenvalue weighted by atomic mass is 9.92. The van der Waals surface area contributed by atoms with Crippen LogP contribution in [0.5, 0.6) is 0 Å². The molecular weight excluding hydrogens is 368 g/mol. The van der Waals surface area contributed by atoms with E-state index in [1.807, 2.05) is 0 Å². The molecule has 0 bridgehead atoms. The number of nitrogens with zero attached hydrogens (tertiary/aromatic N) is 2. The Morgan fingerprint density at radius 2 is 1.75 bits per heavy atom. The third kappa shape index (κ3) is 5.45. The minimum Gasteiger partial charge on any atom is -0.338 e. The lowest BCUT2D eigenvalue weighted by molar-refractivity contribution is -0.896. The van der Waals surface area contributed by atoms with Crippen molar-refractivity contribution in [3.05, 3.63) is 29.3 Å². The number of likely N-dealkylation sites (tertiary alicyclic amines) is 1. The van der Waals surface area contributed by atoms with Gasteiger partial charge < -0.3 is 20.0 Å². The predicted octanol–water partition coefficient (Wildman–Crippen LogP) is 1.71. The van der Waals surface area contributed by atoms with Gasteiger partial charge in [-0.05, 0) is 67.6 Å². The lowest BCUT2D eigenvalue weighted by Crippen LogP contribution is -3.15. The van der Waals surface area contributed by atoms with Crippen LogP contribution in [-0.4, -0.2) is 66.6 Å². The Morgan fingerprint density at radius 3 is 2.36 bits per heavy atom. The van der Waals surface area contributed by atoms with E-state index in [2.05, 4.69) is 61.0 Å². The third-order valence-electron chi connectivity index (χ3n) is 6.14. The monoisotopic (exact) mass is 403 g/mol. The SMILES string of the molecule is Cc1ccc(NC(=S)N2CC[NH+](CC(=O)N3C[C@@H](C)C[C@H](C)C3)CC2)cc1C. The van der Waals surface area contributed by atoms with E-state index < -0.39 is 0 Å². The average Bonchev–Trinajstić information content (AvgIpc) is 2.64. The van der Waals surface area contributed by atoms with Crippen LogP contribution in [0.3, 0.4) is 0 Å². The van der Waals surface area contributed by atoms with E-state index >= 15 is 0 Å². The molecular formula is C22H35N4OS+. The molecule has 2 atom stereocenters. The molecule has 2 N–H and O–H groups in total. The fourth-order valence-electron chi connectivity index (χ4n) is 4.42. The summed E-state index contributed by atoms with van der Waals surface area (Å²) in [4.78, 5) is 18.4. The van der Waals surface area contributed by atoms with Crippen molar-refractivity contribution in [3.63, 3.8) is 0 Å². The van der Waals surface area contributed by atoms with Gasteiger partial charge in [0.2, 0.25) is 0 Å². The molecule has 2 fully saturated rings. The van der Waals surface area contributed by atoms with Gasteiger partial charge in [0.15, 0.2) is 11.7 Å². The molecule has 0 radical (unpaired) electrons. The summed E-state index contributed by atoms with van der Waals surface area (Å²) in [5.74, 6) is 1.56. The van der Waals surface area contributed by atoms with Gasteiger partial charge in [-0.2, -0.15) is 0 Å². The number of amides is 1. The number of thiocarbonyl (C=S) groups is 1. The van der Waals surface area contributed by atoms with Crippen molar-refractivity contribution < 1.29 is 9.69 Å². The van der Waals surface area contributed by atoms with Crippen molar-refractivity contribution in [2.75, 3.05) is 51.1 Å². The Hall–Kier alpha value is -1.66. The summed E-state index contributed by atoms with van der Waals surface area (Å²) in [5.41, 5.74) is 3.60. The Balaban J connectivity index is 1.45. The van der Waals surface area contributed by atoms with Crippen LogP contribution in [-0.2, 0) is 4.79 Å². The van der Waals surface area contributed by atoms with E-state index in [0.717, 1.165) is 50.1 Å². The lowest BCUT2D eigenvalue weighted by Gasteiger charge is -2.37. The number of piperidine rings is 1. The Bertz CT molecular complexity index is 704. The summed E-state index contributed by atoms with van der Waals surface area (Å²) in [6, 6.07) is 6.34. The standard InChI is InChI=1S/C22H34N4OS/c1-16-11-17(2)14-26(13-16)21(27)15-24-7-9-25(10-8-24)22(28)23-20-6-5-18(3)19(4)12-20/h5-6,12,16-17H,7-11,13-15H2,1-4H3,(H,23,28)/p+1/t16-,17-/m0/s1. The molecule has 2 aliphatic rings. The second-order valence-corrected chi connectivity index (χ2v) is 9.27. The highest BCUT2D eigenvalue weighted by atomic mass is 32.1. The normalized spacial score (nSPS) is 23.6. The zero-order chi connectivity index (χ0) is 20.3. The second kappa shape index (κ2) is 9.23. The van der Waals surface area contributed by atoms with Gasteiger partial charge in [-0.15, -0.1) is 0 Å². The van der Waals surface area contributed by atoms with E-state index in [0.29, 0.717) is 24.3 Å². The minimum absolute atomic E-state index is 0.317. The first-order chi connectivity index (χ1) is 13.3. The molecule has 1 aromatic carbocycles. The molecule has 28 heavy (non-hydrogen) atoms. The molecule has 0 spiro atoms. The summed E-state index contributed by atoms with van der Waals surface area (Å²) in [6.45, 7) is 14.9. The van der Waals surface area contributed by atoms with Crippen LogP contribution >= 0.6 is 12.2 Å². The highest BCUT2D eigenvalue weighted by Gasteiger charge is 2.29. The molecule has 0 aliphatic carbocycles. The summed E-state index contributed by atoms with van der Waals surface area (Å²) < 4.78 is 0. The van der Waals surface area contributed by atoms with Crippen molar-refractivity contribution in [1.29, 1.82) is 0 Å². The van der Waals surface area contributed by atoms with E-state index in [9.17, 15) is 4.79 Å². The number of quaternary nitrogens is 1. The Labute approximate surface area is 175 Å². The quantitative estimate of drug-likeness (QED) is 0.754. The first-order valence-corrected chi connectivity index (χ1v) is 11.0. The van der Waals surface area contributed by atoms with Gasteiger partial charge in [0, 0.05) is 18.8 Å². The smallest absolute Gasteiger partial charge is 0.277 e. The maximum absolute atomic E-state index is 12.7. The maximum Gasteiger partial charge on any atom is 0.277 e. The molecule has 3 rings (SSSR count). The van der Waals surface area contributed by atoms with Gasteiger partial charge in [0.25, 0.3) is 5.91 Å². The van der Waals surface area contributed by atoms with Crippen LogP contribution in [0.4, 0.5) is 5.69 Å². The van der Waals surface area contributed by atoms with Gasteiger partial charge in [0.1, 0.15) is 0 Å². The molecule has 1 amide bonds. The number of carbonyl (C=O) groups is 1. The van der Waals surface area contributed by atoms with Crippen molar-refractivity contribution >= 4 is 28.9 Å². The van der Waals surface area contributed by atoms with Crippen molar-refractivity contribution in [3.8, 4) is 0 Å². The van der Waals surface area contributed by atoms with Crippen molar-refractivity contribution in [2.45, 2.75) is 34.1 Å². The average molecular weight is 404 g/mol. The van der Waals surface area contributed by atoms with E-state index in [1.165, 1.54) is 22.4 Å². The van der Waals surface area contributed by atoms with Crippen LogP contribution < -0.4 is 10.2 Å². The maximum atomic E-state index is 12.7. The summed E-state index contributed by atoms with van der Waals surface area (Å²) in [5, 5.41) is 4.15. The summed E-state index contributed by atoms with van der Waals surface area (Å²) in [7, 11) is 0. The number of hydrogen-bond acceptors (Lipinski definition) is 2. The zero-order valence-electron chi connectivity index (χ0n) is 17.8. The zero-order valence-corrected chi connectivity index (χ0v) is 18.6. The number of piperazine rings is 1. The van der Waals surface area contributed by atoms with E-state index in [4.69, 9.17) is 12.2 Å². The second-order valence-electron chi connectivity index (χ2n) is 8.89. The highest BCUT2D eigenvalue weighted by molar-refractivity contribution is 7.80. The summed E-state index contributed by atoms with van der Waals surface area (Å²) in [6.07, 6.45) is 1.24. The number of anilines is 1. The molecule has 2 saturated heterocycles. The van der Waals surface area contributed by atoms with Crippen LogP contribution in [0, 0.1) is 25.7 Å². The van der Waals surface area contributed by atoms with Gasteiger partial charge in [-0.25, -0.2) is 0 Å². The molecule has 5 nitrogen and oxygen atoms in total. The predicted molar refractivity (Wildman–Crippen MR) is 119 cm³/mol. The third-order valence-corrected chi connectivity index (χ3v) is 6.50. The topological polar surface area (TPSA) is 40.0 Å². The number of aryl methyl sites for hydroxylation is 2. The van der Waals surface area contributed by atoms with Gasteiger partial charge in [-0.3, -0.25) is 4.79 Å².